The minimum absolute atomic E-state index is 0.0168. The summed E-state index contributed by atoms with van der Waals surface area (Å²) >= 11 is 9.43. The summed E-state index contributed by atoms with van der Waals surface area (Å²) in [7, 11) is 1.61. The summed E-state index contributed by atoms with van der Waals surface area (Å²) in [6.45, 7) is 0. The van der Waals surface area contributed by atoms with Gasteiger partial charge in [-0.15, -0.1) is 0 Å². The molecule has 0 bridgehead atoms. The molecule has 1 aliphatic heterocycles. The minimum atomic E-state index is -0.975. The first kappa shape index (κ1) is 13.4. The predicted molar refractivity (Wildman–Crippen MR) is 70.4 cm³/mol. The Morgan fingerprint density at radius 1 is 1.56 bits per heavy atom. The molecule has 1 aromatic carbocycles. The van der Waals surface area contributed by atoms with Gasteiger partial charge in [-0.05, 0) is 17.7 Å². The number of carbonyl (C=O) groups excluding carboxylic acids is 1. The fourth-order valence-electron chi connectivity index (χ4n) is 2.26. The Balaban J connectivity index is 2.46. The Labute approximate surface area is 118 Å². The highest BCUT2D eigenvalue weighted by Gasteiger charge is 2.43. The quantitative estimate of drug-likeness (QED) is 0.906. The van der Waals surface area contributed by atoms with Crippen LogP contribution in [0, 0.1) is 5.92 Å². The minimum Gasteiger partial charge on any atom is -0.481 e. The van der Waals surface area contributed by atoms with Crippen molar-refractivity contribution in [1.82, 2.24) is 4.90 Å². The van der Waals surface area contributed by atoms with Gasteiger partial charge in [-0.25, -0.2) is 0 Å². The summed E-state index contributed by atoms with van der Waals surface area (Å²) < 4.78 is 0.815. The van der Waals surface area contributed by atoms with Crippen LogP contribution < -0.4 is 0 Å². The van der Waals surface area contributed by atoms with Crippen molar-refractivity contribution in [3.8, 4) is 0 Å². The van der Waals surface area contributed by atoms with Gasteiger partial charge in [0.15, 0.2) is 0 Å². The molecular weight excluding hydrogens is 321 g/mol. The second-order valence-corrected chi connectivity index (χ2v) is 5.59. The van der Waals surface area contributed by atoms with Crippen LogP contribution in [-0.4, -0.2) is 28.9 Å². The van der Waals surface area contributed by atoms with Crippen LogP contribution in [0.5, 0.6) is 0 Å². The van der Waals surface area contributed by atoms with E-state index in [-0.39, 0.29) is 12.3 Å². The third-order valence-electron chi connectivity index (χ3n) is 3.18. The molecule has 0 radical (unpaired) electrons. The first-order valence-corrected chi connectivity index (χ1v) is 6.52. The Morgan fingerprint density at radius 2 is 2.22 bits per heavy atom. The molecule has 1 N–H and O–H groups in total. The first-order valence-electron chi connectivity index (χ1n) is 5.35. The van der Waals surface area contributed by atoms with E-state index >= 15 is 0 Å². The van der Waals surface area contributed by atoms with Gasteiger partial charge in [0.05, 0.1) is 12.0 Å². The van der Waals surface area contributed by atoms with Crippen molar-refractivity contribution in [2.75, 3.05) is 7.05 Å². The molecule has 4 nitrogen and oxygen atoms in total. The Hall–Kier alpha value is -1.07. The molecule has 1 saturated heterocycles. The maximum absolute atomic E-state index is 11.7. The van der Waals surface area contributed by atoms with Crippen molar-refractivity contribution < 1.29 is 14.7 Å². The van der Waals surface area contributed by atoms with Gasteiger partial charge in [-0.2, -0.15) is 0 Å². The lowest BCUT2D eigenvalue weighted by Gasteiger charge is -2.24. The molecule has 96 valence electrons. The molecular formula is C12H11BrClNO3. The molecule has 1 aromatic rings. The van der Waals surface area contributed by atoms with Crippen molar-refractivity contribution in [2.24, 2.45) is 5.92 Å². The zero-order valence-electron chi connectivity index (χ0n) is 9.56. The molecule has 1 aliphatic rings. The Morgan fingerprint density at radius 3 is 2.78 bits per heavy atom. The second-order valence-electron chi connectivity index (χ2n) is 4.26. The van der Waals surface area contributed by atoms with Gasteiger partial charge in [0.2, 0.25) is 5.91 Å². The van der Waals surface area contributed by atoms with Gasteiger partial charge in [-0.1, -0.05) is 33.6 Å². The standard InChI is InChI=1S/C12H11BrClNO3/c1-15-10(16)5-8(12(17)18)11(15)7-3-2-6(13)4-9(7)14/h2-4,8,11H,5H2,1H3,(H,17,18). The highest BCUT2D eigenvalue weighted by atomic mass is 79.9. The Kier molecular flexibility index (Phi) is 3.64. The van der Waals surface area contributed by atoms with Crippen molar-refractivity contribution in [1.29, 1.82) is 0 Å². The van der Waals surface area contributed by atoms with E-state index in [1.807, 2.05) is 0 Å². The molecule has 2 atom stereocenters. The average Bonchev–Trinajstić information content (AvgIpc) is 2.57. The van der Waals surface area contributed by atoms with Crippen LogP contribution >= 0.6 is 27.5 Å². The molecule has 0 aliphatic carbocycles. The number of hydrogen-bond donors (Lipinski definition) is 1. The number of benzene rings is 1. The van der Waals surface area contributed by atoms with Gasteiger partial charge in [0, 0.05) is 23.0 Å². The molecule has 0 saturated carbocycles. The smallest absolute Gasteiger partial charge is 0.309 e. The average molecular weight is 333 g/mol. The van der Waals surface area contributed by atoms with E-state index in [2.05, 4.69) is 15.9 Å². The number of halogens is 2. The van der Waals surface area contributed by atoms with Crippen LogP contribution in [0.3, 0.4) is 0 Å². The highest BCUT2D eigenvalue weighted by Crippen LogP contribution is 2.40. The molecule has 0 aromatic heterocycles. The van der Waals surface area contributed by atoms with Crippen molar-refractivity contribution >= 4 is 39.4 Å². The molecule has 1 heterocycles. The first-order chi connectivity index (χ1) is 8.41. The largest absolute Gasteiger partial charge is 0.481 e. The zero-order valence-corrected chi connectivity index (χ0v) is 11.9. The number of carbonyl (C=O) groups is 2. The SMILES string of the molecule is CN1C(=O)CC(C(=O)O)C1c1ccc(Br)cc1Cl. The number of carboxylic acid groups (broad SMARTS) is 1. The number of likely N-dealkylation sites (tertiary alicyclic amines) is 1. The number of aliphatic carboxylic acids is 1. The van der Waals surface area contributed by atoms with Gasteiger partial charge in [-0.3, -0.25) is 9.59 Å². The zero-order chi connectivity index (χ0) is 13.4. The predicted octanol–water partition coefficient (Wildman–Crippen LogP) is 2.71. The lowest BCUT2D eigenvalue weighted by Crippen LogP contribution is -2.27. The van der Waals surface area contributed by atoms with Gasteiger partial charge in [0.1, 0.15) is 0 Å². The van der Waals surface area contributed by atoms with Crippen LogP contribution in [-0.2, 0) is 9.59 Å². The molecule has 2 rings (SSSR count). The van der Waals surface area contributed by atoms with E-state index in [0.29, 0.717) is 10.6 Å². The summed E-state index contributed by atoms with van der Waals surface area (Å²) in [6.07, 6.45) is 0.0168. The van der Waals surface area contributed by atoms with Crippen LogP contribution in [0.1, 0.15) is 18.0 Å². The number of amides is 1. The van der Waals surface area contributed by atoms with E-state index in [0.717, 1.165) is 4.47 Å². The molecule has 2 unspecified atom stereocenters. The number of rotatable bonds is 2. The monoisotopic (exact) mass is 331 g/mol. The van der Waals surface area contributed by atoms with Crippen molar-refractivity contribution in [2.45, 2.75) is 12.5 Å². The molecule has 6 heteroatoms. The fraction of sp³-hybridized carbons (Fsp3) is 0.333. The lowest BCUT2D eigenvalue weighted by molar-refractivity contribution is -0.142. The Bertz CT molecular complexity index is 520. The van der Waals surface area contributed by atoms with E-state index in [4.69, 9.17) is 11.6 Å². The summed E-state index contributed by atoms with van der Waals surface area (Å²) in [5.74, 6) is -1.90. The lowest BCUT2D eigenvalue weighted by atomic mass is 9.94. The third-order valence-corrected chi connectivity index (χ3v) is 4.01. The summed E-state index contributed by atoms with van der Waals surface area (Å²) in [4.78, 5) is 24.3. The molecule has 0 spiro atoms. The number of nitrogens with zero attached hydrogens (tertiary/aromatic N) is 1. The van der Waals surface area contributed by atoms with Crippen LogP contribution in [0.15, 0.2) is 22.7 Å². The fourth-order valence-corrected chi connectivity index (χ4v) is 3.04. The topological polar surface area (TPSA) is 57.6 Å². The van der Waals surface area contributed by atoms with Gasteiger partial charge in [0.25, 0.3) is 0 Å². The summed E-state index contributed by atoms with van der Waals surface area (Å²) in [5.41, 5.74) is 0.667. The van der Waals surface area contributed by atoms with Gasteiger partial charge < -0.3 is 10.0 Å². The van der Waals surface area contributed by atoms with Crippen molar-refractivity contribution in [3.63, 3.8) is 0 Å². The second kappa shape index (κ2) is 4.90. The van der Waals surface area contributed by atoms with Gasteiger partial charge >= 0.3 is 5.97 Å². The normalized spacial score (nSPS) is 23.5. The van der Waals surface area contributed by atoms with E-state index < -0.39 is 17.9 Å². The number of hydrogen-bond acceptors (Lipinski definition) is 2. The maximum atomic E-state index is 11.7. The molecule has 1 amide bonds. The number of carboxylic acids is 1. The third kappa shape index (κ3) is 2.24. The van der Waals surface area contributed by atoms with E-state index in [1.54, 1.807) is 25.2 Å². The van der Waals surface area contributed by atoms with E-state index in [1.165, 1.54) is 4.90 Å². The molecule has 18 heavy (non-hydrogen) atoms. The van der Waals surface area contributed by atoms with Crippen LogP contribution in [0.2, 0.25) is 5.02 Å². The molecule has 1 fully saturated rings. The van der Waals surface area contributed by atoms with Crippen LogP contribution in [0.4, 0.5) is 0 Å². The maximum Gasteiger partial charge on any atom is 0.309 e. The summed E-state index contributed by atoms with van der Waals surface area (Å²) in [6, 6.07) is 4.74. The van der Waals surface area contributed by atoms with Crippen LogP contribution in [0.25, 0.3) is 0 Å². The summed E-state index contributed by atoms with van der Waals surface area (Å²) in [5, 5.41) is 9.66. The van der Waals surface area contributed by atoms with Crippen molar-refractivity contribution in [3.05, 3.63) is 33.3 Å². The van der Waals surface area contributed by atoms with E-state index in [9.17, 15) is 14.7 Å². The highest BCUT2D eigenvalue weighted by molar-refractivity contribution is 9.10.